The first-order valence-corrected chi connectivity index (χ1v) is 12.7. The van der Waals surface area contributed by atoms with Crippen LogP contribution in [0.3, 0.4) is 0 Å². The highest BCUT2D eigenvalue weighted by Gasteiger charge is 2.26. The number of anilines is 1. The molecular formula is C23H28ClN5O2S. The molecule has 2 saturated heterocycles. The minimum absolute atomic E-state index is 0.228. The molecule has 5 rings (SSSR count). The zero-order valence-corrected chi connectivity index (χ0v) is 19.8. The fourth-order valence-corrected chi connectivity index (χ4v) is 5.29. The van der Waals surface area contributed by atoms with E-state index in [4.69, 9.17) is 20.8 Å². The Morgan fingerprint density at radius 1 is 1.16 bits per heavy atom. The molecule has 0 amide bonds. The standard InChI is InChI=1S/C23H28ClN5O2S/c1-16-8-10-28(11-9-16)22-26-27-23(29(22)13-18-5-4-12-30-18)32-15-17-14-31-21(25-17)19-6-2-3-7-20(19)24/h2-3,6-7,14,16,18H,4-5,8-13,15H2,1H3. The van der Waals surface area contributed by atoms with Gasteiger partial charge in [-0.3, -0.25) is 4.57 Å². The third-order valence-corrected chi connectivity index (χ3v) is 7.51. The number of thioether (sulfide) groups is 1. The number of halogens is 1. The average molecular weight is 474 g/mol. The van der Waals surface area contributed by atoms with Crippen LogP contribution in [0.5, 0.6) is 0 Å². The molecule has 170 valence electrons. The molecule has 0 bridgehead atoms. The van der Waals surface area contributed by atoms with Gasteiger partial charge in [0, 0.05) is 25.4 Å². The summed E-state index contributed by atoms with van der Waals surface area (Å²) in [7, 11) is 0. The summed E-state index contributed by atoms with van der Waals surface area (Å²) in [5.74, 6) is 2.92. The Labute approximate surface area is 197 Å². The van der Waals surface area contributed by atoms with Crippen LogP contribution < -0.4 is 4.90 Å². The van der Waals surface area contributed by atoms with Gasteiger partial charge < -0.3 is 14.1 Å². The molecule has 0 aliphatic carbocycles. The van der Waals surface area contributed by atoms with E-state index >= 15 is 0 Å². The molecule has 0 N–H and O–H groups in total. The number of hydrogen-bond donors (Lipinski definition) is 0. The molecule has 1 unspecified atom stereocenters. The lowest BCUT2D eigenvalue weighted by atomic mass is 10.00. The molecule has 2 fully saturated rings. The topological polar surface area (TPSA) is 69.2 Å². The Morgan fingerprint density at radius 3 is 2.78 bits per heavy atom. The Morgan fingerprint density at radius 2 is 2.00 bits per heavy atom. The molecule has 0 spiro atoms. The van der Waals surface area contributed by atoms with E-state index in [2.05, 4.69) is 31.6 Å². The van der Waals surface area contributed by atoms with Crippen molar-refractivity contribution in [3.8, 4) is 11.5 Å². The van der Waals surface area contributed by atoms with Crippen molar-refractivity contribution in [1.29, 1.82) is 0 Å². The summed E-state index contributed by atoms with van der Waals surface area (Å²) in [5.41, 5.74) is 1.65. The highest BCUT2D eigenvalue weighted by Crippen LogP contribution is 2.31. The summed E-state index contributed by atoms with van der Waals surface area (Å²) in [6, 6.07) is 7.57. The van der Waals surface area contributed by atoms with E-state index in [1.165, 1.54) is 12.8 Å². The minimum atomic E-state index is 0.228. The van der Waals surface area contributed by atoms with Crippen LogP contribution in [-0.2, 0) is 17.0 Å². The van der Waals surface area contributed by atoms with Crippen molar-refractivity contribution in [2.75, 3.05) is 24.6 Å². The van der Waals surface area contributed by atoms with Gasteiger partial charge in [0.25, 0.3) is 0 Å². The van der Waals surface area contributed by atoms with Gasteiger partial charge in [-0.15, -0.1) is 10.2 Å². The summed E-state index contributed by atoms with van der Waals surface area (Å²) in [6.45, 7) is 6.01. The average Bonchev–Trinajstić information content (AvgIpc) is 3.56. The quantitative estimate of drug-likeness (QED) is 0.431. The highest BCUT2D eigenvalue weighted by molar-refractivity contribution is 7.98. The van der Waals surface area contributed by atoms with E-state index in [1.807, 2.05) is 24.3 Å². The van der Waals surface area contributed by atoms with Crippen molar-refractivity contribution in [1.82, 2.24) is 19.7 Å². The van der Waals surface area contributed by atoms with Crippen molar-refractivity contribution in [2.45, 2.75) is 56.2 Å². The summed E-state index contributed by atoms with van der Waals surface area (Å²) < 4.78 is 13.9. The summed E-state index contributed by atoms with van der Waals surface area (Å²) in [5, 5.41) is 10.7. The van der Waals surface area contributed by atoms with Crippen LogP contribution in [0.2, 0.25) is 5.02 Å². The molecule has 2 aliphatic heterocycles. The van der Waals surface area contributed by atoms with Crippen LogP contribution in [0.1, 0.15) is 38.3 Å². The van der Waals surface area contributed by atoms with E-state index < -0.39 is 0 Å². The van der Waals surface area contributed by atoms with Crippen LogP contribution in [0.25, 0.3) is 11.5 Å². The van der Waals surface area contributed by atoms with Gasteiger partial charge in [0.1, 0.15) is 6.26 Å². The number of hydrogen-bond acceptors (Lipinski definition) is 7. The van der Waals surface area contributed by atoms with Crippen molar-refractivity contribution >= 4 is 29.3 Å². The van der Waals surface area contributed by atoms with Gasteiger partial charge in [-0.25, -0.2) is 4.98 Å². The Hall–Kier alpha value is -2.03. The predicted molar refractivity (Wildman–Crippen MR) is 126 cm³/mol. The molecule has 9 heteroatoms. The maximum atomic E-state index is 6.28. The SMILES string of the molecule is CC1CCN(c2nnc(SCc3coc(-c4ccccc4Cl)n3)n2CC2CCCO2)CC1. The number of oxazole rings is 1. The Kier molecular flexibility index (Phi) is 6.71. The number of nitrogens with zero attached hydrogens (tertiary/aromatic N) is 5. The molecule has 2 aliphatic rings. The van der Waals surface area contributed by atoms with E-state index in [1.54, 1.807) is 18.0 Å². The van der Waals surface area contributed by atoms with Crippen LogP contribution >= 0.6 is 23.4 Å². The molecular weight excluding hydrogens is 446 g/mol. The highest BCUT2D eigenvalue weighted by atomic mass is 35.5. The third-order valence-electron chi connectivity index (χ3n) is 6.18. The summed E-state index contributed by atoms with van der Waals surface area (Å²) in [4.78, 5) is 7.00. The van der Waals surface area contributed by atoms with Gasteiger partial charge in [0.2, 0.25) is 11.8 Å². The van der Waals surface area contributed by atoms with Gasteiger partial charge in [0.05, 0.1) is 28.9 Å². The van der Waals surface area contributed by atoms with Crippen LogP contribution in [0.15, 0.2) is 40.1 Å². The van der Waals surface area contributed by atoms with E-state index in [0.29, 0.717) is 16.7 Å². The van der Waals surface area contributed by atoms with Crippen molar-refractivity contribution < 1.29 is 9.15 Å². The monoisotopic (exact) mass is 473 g/mol. The summed E-state index contributed by atoms with van der Waals surface area (Å²) in [6.07, 6.45) is 6.52. The number of rotatable bonds is 7. The zero-order valence-electron chi connectivity index (χ0n) is 18.2. The second kappa shape index (κ2) is 9.85. The number of benzene rings is 1. The molecule has 4 heterocycles. The number of piperidine rings is 1. The maximum Gasteiger partial charge on any atom is 0.228 e. The molecule has 1 atom stereocenters. The lowest BCUT2D eigenvalue weighted by Crippen LogP contribution is -2.35. The second-order valence-corrected chi connectivity index (χ2v) is 9.96. The molecule has 1 aromatic carbocycles. The fourth-order valence-electron chi connectivity index (χ4n) is 4.25. The molecule has 0 saturated carbocycles. The molecule has 0 radical (unpaired) electrons. The van der Waals surface area contributed by atoms with Crippen molar-refractivity contribution in [3.63, 3.8) is 0 Å². The Bertz CT molecular complexity index is 1040. The van der Waals surface area contributed by atoms with Gasteiger partial charge in [-0.05, 0) is 43.7 Å². The van der Waals surface area contributed by atoms with Gasteiger partial charge >= 0.3 is 0 Å². The lowest BCUT2D eigenvalue weighted by molar-refractivity contribution is 0.0951. The second-order valence-electron chi connectivity index (χ2n) is 8.61. The number of aromatic nitrogens is 4. The third kappa shape index (κ3) is 4.82. The van der Waals surface area contributed by atoms with E-state index in [9.17, 15) is 0 Å². The molecule has 3 aromatic rings. The first-order valence-electron chi connectivity index (χ1n) is 11.3. The Balaban J connectivity index is 1.32. The first-order chi connectivity index (χ1) is 15.7. The van der Waals surface area contributed by atoms with Gasteiger partial charge in [0.15, 0.2) is 5.16 Å². The van der Waals surface area contributed by atoms with Crippen LogP contribution in [-0.4, -0.2) is 45.5 Å². The number of ether oxygens (including phenoxy) is 1. The lowest BCUT2D eigenvalue weighted by Gasteiger charge is -2.31. The van der Waals surface area contributed by atoms with E-state index in [-0.39, 0.29) is 6.10 Å². The van der Waals surface area contributed by atoms with Gasteiger partial charge in [-0.1, -0.05) is 42.4 Å². The first kappa shape index (κ1) is 21.8. The van der Waals surface area contributed by atoms with Gasteiger partial charge in [-0.2, -0.15) is 0 Å². The van der Waals surface area contributed by atoms with Crippen molar-refractivity contribution in [3.05, 3.63) is 41.2 Å². The van der Waals surface area contributed by atoms with Crippen LogP contribution in [0, 0.1) is 5.92 Å². The normalized spacial score (nSPS) is 19.7. The molecule has 2 aromatic heterocycles. The summed E-state index contributed by atoms with van der Waals surface area (Å²) >= 11 is 7.92. The molecule has 7 nitrogen and oxygen atoms in total. The largest absolute Gasteiger partial charge is 0.444 e. The van der Waals surface area contributed by atoms with E-state index in [0.717, 1.165) is 67.4 Å². The zero-order chi connectivity index (χ0) is 21.9. The maximum absolute atomic E-state index is 6.28. The fraction of sp³-hybridized carbons (Fsp3) is 0.522. The van der Waals surface area contributed by atoms with Crippen molar-refractivity contribution in [2.24, 2.45) is 5.92 Å². The predicted octanol–water partition coefficient (Wildman–Crippen LogP) is 5.29. The minimum Gasteiger partial charge on any atom is -0.444 e. The molecule has 32 heavy (non-hydrogen) atoms. The smallest absolute Gasteiger partial charge is 0.228 e. The van der Waals surface area contributed by atoms with Crippen LogP contribution in [0.4, 0.5) is 5.95 Å².